The molecule has 0 amide bonds. The normalized spacial score (nSPS) is 10.3. The molecule has 0 saturated carbocycles. The van der Waals surface area contributed by atoms with Crippen molar-refractivity contribution in [1.82, 2.24) is 0 Å². The van der Waals surface area contributed by atoms with Gasteiger partial charge in [-0.25, -0.2) is 0 Å². The number of methoxy groups -OCH3 is 2. The molecule has 1 N–H and O–H groups in total. The molecule has 21 heavy (non-hydrogen) atoms. The van der Waals surface area contributed by atoms with Gasteiger partial charge in [-0.1, -0.05) is 12.1 Å². The number of phenolic OH excluding ortho intramolecular Hbond substituents is 1. The minimum absolute atomic E-state index is 0.0296. The minimum Gasteiger partial charge on any atom is -0.502 e. The Morgan fingerprint density at radius 3 is 2.19 bits per heavy atom. The van der Waals surface area contributed by atoms with Crippen molar-refractivity contribution < 1.29 is 14.6 Å². The van der Waals surface area contributed by atoms with Crippen molar-refractivity contribution in [2.75, 3.05) is 26.2 Å². The van der Waals surface area contributed by atoms with Crippen LogP contribution in [0.2, 0.25) is 0 Å². The van der Waals surface area contributed by atoms with Gasteiger partial charge < -0.3 is 19.5 Å². The van der Waals surface area contributed by atoms with E-state index in [0.29, 0.717) is 18.0 Å². The topological polar surface area (TPSA) is 41.9 Å². The summed E-state index contributed by atoms with van der Waals surface area (Å²) in [7, 11) is 5.09. The van der Waals surface area contributed by atoms with E-state index in [-0.39, 0.29) is 5.75 Å². The molecule has 4 heteroatoms. The zero-order chi connectivity index (χ0) is 15.4. The van der Waals surface area contributed by atoms with Crippen LogP contribution in [0.5, 0.6) is 17.2 Å². The number of phenols is 1. The zero-order valence-electron chi connectivity index (χ0n) is 12.9. The van der Waals surface area contributed by atoms with Crippen molar-refractivity contribution in [2.24, 2.45) is 0 Å². The van der Waals surface area contributed by atoms with Crippen LogP contribution in [-0.2, 0) is 6.54 Å². The third kappa shape index (κ3) is 3.40. The molecule has 0 aliphatic heterocycles. The highest BCUT2D eigenvalue weighted by Crippen LogP contribution is 2.37. The van der Waals surface area contributed by atoms with Gasteiger partial charge in [0.1, 0.15) is 0 Å². The Balaban J connectivity index is 2.26. The first-order valence-corrected chi connectivity index (χ1v) is 6.77. The van der Waals surface area contributed by atoms with Crippen LogP contribution in [0.1, 0.15) is 11.1 Å². The lowest BCUT2D eigenvalue weighted by atomic mass is 10.1. The molecule has 2 aromatic rings. The monoisotopic (exact) mass is 287 g/mol. The summed E-state index contributed by atoms with van der Waals surface area (Å²) in [5.74, 6) is 0.867. The summed E-state index contributed by atoms with van der Waals surface area (Å²) in [4.78, 5) is 2.14. The first-order chi connectivity index (χ1) is 10.0. The maximum Gasteiger partial charge on any atom is 0.200 e. The van der Waals surface area contributed by atoms with E-state index >= 15 is 0 Å². The third-order valence-corrected chi connectivity index (χ3v) is 3.40. The summed E-state index contributed by atoms with van der Waals surface area (Å²) >= 11 is 0. The van der Waals surface area contributed by atoms with E-state index in [1.807, 2.05) is 25.2 Å². The Kier molecular flexibility index (Phi) is 4.58. The van der Waals surface area contributed by atoms with Crippen molar-refractivity contribution in [1.29, 1.82) is 0 Å². The molecule has 2 rings (SSSR count). The van der Waals surface area contributed by atoms with Crippen molar-refractivity contribution >= 4 is 5.69 Å². The maximum absolute atomic E-state index is 9.94. The molecular weight excluding hydrogens is 266 g/mol. The van der Waals surface area contributed by atoms with Gasteiger partial charge in [-0.3, -0.25) is 0 Å². The Morgan fingerprint density at radius 1 is 1.05 bits per heavy atom. The molecule has 0 aliphatic rings. The molecule has 0 heterocycles. The second-order valence-corrected chi connectivity index (χ2v) is 5.04. The Labute approximate surface area is 125 Å². The summed E-state index contributed by atoms with van der Waals surface area (Å²) in [5, 5.41) is 9.94. The van der Waals surface area contributed by atoms with Gasteiger partial charge in [0.25, 0.3) is 0 Å². The molecule has 0 bridgehead atoms. The molecule has 0 unspecified atom stereocenters. The fraction of sp³-hybridized carbons (Fsp3) is 0.294. The number of aromatic hydroxyl groups is 1. The fourth-order valence-electron chi connectivity index (χ4n) is 2.27. The predicted octanol–water partition coefficient (Wildman–Crippen LogP) is 3.35. The molecular formula is C17H21NO3. The lowest BCUT2D eigenvalue weighted by molar-refractivity contribution is 0.339. The highest BCUT2D eigenvalue weighted by atomic mass is 16.5. The van der Waals surface area contributed by atoms with E-state index in [2.05, 4.69) is 30.0 Å². The minimum atomic E-state index is 0.0296. The smallest absolute Gasteiger partial charge is 0.200 e. The van der Waals surface area contributed by atoms with Gasteiger partial charge in [0.2, 0.25) is 5.75 Å². The highest BCUT2D eigenvalue weighted by Gasteiger charge is 2.12. The Bertz CT molecular complexity index is 600. The quantitative estimate of drug-likeness (QED) is 0.915. The summed E-state index contributed by atoms with van der Waals surface area (Å²) in [6.07, 6.45) is 0. The number of hydrogen-bond acceptors (Lipinski definition) is 4. The van der Waals surface area contributed by atoms with Gasteiger partial charge in [-0.15, -0.1) is 0 Å². The Morgan fingerprint density at radius 2 is 1.67 bits per heavy atom. The molecule has 0 saturated heterocycles. The molecule has 2 aromatic carbocycles. The fourth-order valence-corrected chi connectivity index (χ4v) is 2.27. The van der Waals surface area contributed by atoms with Gasteiger partial charge in [-0.2, -0.15) is 0 Å². The van der Waals surface area contributed by atoms with Crippen molar-refractivity contribution in [2.45, 2.75) is 13.5 Å². The summed E-state index contributed by atoms with van der Waals surface area (Å²) in [6.45, 7) is 2.76. The number of hydrogen-bond donors (Lipinski definition) is 1. The van der Waals surface area contributed by atoms with Crippen molar-refractivity contribution in [3.05, 3.63) is 47.5 Å². The summed E-state index contributed by atoms with van der Waals surface area (Å²) in [6, 6.07) is 12.0. The number of ether oxygens (including phenoxy) is 2. The summed E-state index contributed by atoms with van der Waals surface area (Å²) in [5.41, 5.74) is 3.37. The van der Waals surface area contributed by atoms with Crippen LogP contribution in [0.25, 0.3) is 0 Å². The standard InChI is InChI=1S/C17H21NO3/c1-12-6-5-7-14(8-12)18(2)11-13-9-15(20-3)17(19)16(10-13)21-4/h5-10,19H,11H2,1-4H3. The van der Waals surface area contributed by atoms with E-state index in [0.717, 1.165) is 11.3 Å². The predicted molar refractivity (Wildman–Crippen MR) is 84.5 cm³/mol. The van der Waals surface area contributed by atoms with Crippen LogP contribution in [0.4, 0.5) is 5.69 Å². The second kappa shape index (κ2) is 6.39. The van der Waals surface area contributed by atoms with Crippen molar-refractivity contribution in [3.8, 4) is 17.2 Å². The molecule has 0 aliphatic carbocycles. The third-order valence-electron chi connectivity index (χ3n) is 3.40. The molecule has 4 nitrogen and oxygen atoms in total. The van der Waals surface area contributed by atoms with E-state index in [4.69, 9.17) is 9.47 Å². The van der Waals surface area contributed by atoms with E-state index in [1.54, 1.807) is 0 Å². The lowest BCUT2D eigenvalue weighted by Crippen LogP contribution is -2.16. The molecule has 0 fully saturated rings. The SMILES string of the molecule is COc1cc(CN(C)c2cccc(C)c2)cc(OC)c1O. The van der Waals surface area contributed by atoms with Crippen LogP contribution in [0.3, 0.4) is 0 Å². The van der Waals surface area contributed by atoms with Crippen LogP contribution < -0.4 is 14.4 Å². The largest absolute Gasteiger partial charge is 0.502 e. The van der Waals surface area contributed by atoms with Crippen LogP contribution in [0, 0.1) is 6.92 Å². The highest BCUT2D eigenvalue weighted by molar-refractivity contribution is 5.54. The van der Waals surface area contributed by atoms with Gasteiger partial charge in [-0.05, 0) is 42.3 Å². The first kappa shape index (κ1) is 15.0. The first-order valence-electron chi connectivity index (χ1n) is 6.77. The number of benzene rings is 2. The molecule has 0 radical (unpaired) electrons. The maximum atomic E-state index is 9.94. The molecule has 0 aromatic heterocycles. The average molecular weight is 287 g/mol. The number of nitrogens with zero attached hydrogens (tertiary/aromatic N) is 1. The van der Waals surface area contributed by atoms with Crippen LogP contribution >= 0.6 is 0 Å². The number of aryl methyl sites for hydroxylation is 1. The van der Waals surface area contributed by atoms with Crippen molar-refractivity contribution in [3.63, 3.8) is 0 Å². The van der Waals surface area contributed by atoms with E-state index < -0.39 is 0 Å². The van der Waals surface area contributed by atoms with Gasteiger partial charge in [0.05, 0.1) is 14.2 Å². The molecule has 0 atom stereocenters. The molecule has 112 valence electrons. The van der Waals surface area contributed by atoms with Gasteiger partial charge in [0.15, 0.2) is 11.5 Å². The van der Waals surface area contributed by atoms with Crippen LogP contribution in [-0.4, -0.2) is 26.4 Å². The number of anilines is 1. The lowest BCUT2D eigenvalue weighted by Gasteiger charge is -2.21. The van der Waals surface area contributed by atoms with Crippen LogP contribution in [0.15, 0.2) is 36.4 Å². The number of rotatable bonds is 5. The zero-order valence-corrected chi connectivity index (χ0v) is 12.9. The van der Waals surface area contributed by atoms with E-state index in [9.17, 15) is 5.11 Å². The van der Waals surface area contributed by atoms with E-state index in [1.165, 1.54) is 19.8 Å². The Hall–Kier alpha value is -2.36. The summed E-state index contributed by atoms with van der Waals surface area (Å²) < 4.78 is 10.4. The van der Waals surface area contributed by atoms with Gasteiger partial charge >= 0.3 is 0 Å². The average Bonchev–Trinajstić information content (AvgIpc) is 2.48. The van der Waals surface area contributed by atoms with Gasteiger partial charge in [0, 0.05) is 19.3 Å². The molecule has 0 spiro atoms. The second-order valence-electron chi connectivity index (χ2n) is 5.04.